The molecule has 20 heavy (non-hydrogen) atoms. The van der Waals surface area contributed by atoms with Gasteiger partial charge in [-0.3, -0.25) is 9.89 Å². The van der Waals surface area contributed by atoms with Crippen molar-refractivity contribution in [1.82, 2.24) is 26.1 Å². The fraction of sp³-hybridized carbons (Fsp3) is 0. The van der Waals surface area contributed by atoms with E-state index in [-0.39, 0.29) is 11.9 Å². The van der Waals surface area contributed by atoms with Gasteiger partial charge in [-0.1, -0.05) is 12.1 Å². The van der Waals surface area contributed by atoms with Crippen LogP contribution < -0.4 is 28.2 Å². The Hall–Kier alpha value is -3.30. The average molecular weight is 275 g/mol. The molecule has 1 heterocycles. The highest BCUT2D eigenvalue weighted by Gasteiger charge is 2.08. The first-order valence-corrected chi connectivity index (χ1v) is 5.48. The Kier molecular flexibility index (Phi) is 3.65. The Labute approximate surface area is 113 Å². The van der Waals surface area contributed by atoms with E-state index >= 15 is 0 Å². The zero-order valence-corrected chi connectivity index (χ0v) is 10.3. The van der Waals surface area contributed by atoms with Crippen LogP contribution in [0.4, 0.5) is 5.95 Å². The molecule has 2 aromatic rings. The van der Waals surface area contributed by atoms with Gasteiger partial charge in [0, 0.05) is 11.1 Å². The minimum Gasteiger partial charge on any atom is -0.369 e. The fourth-order valence-corrected chi connectivity index (χ4v) is 1.43. The molecule has 0 unspecified atom stereocenters. The van der Waals surface area contributed by atoms with E-state index < -0.39 is 5.91 Å². The van der Waals surface area contributed by atoms with E-state index in [9.17, 15) is 4.79 Å². The molecule has 0 fully saturated rings. The highest BCUT2D eigenvalue weighted by Crippen LogP contribution is 2.16. The second kappa shape index (κ2) is 5.56. The molecule has 10 nitrogen and oxygen atoms in total. The van der Waals surface area contributed by atoms with Gasteiger partial charge in [0.2, 0.25) is 11.9 Å². The van der Waals surface area contributed by atoms with E-state index in [0.29, 0.717) is 17.0 Å². The number of aromatic amines is 1. The van der Waals surface area contributed by atoms with Crippen LogP contribution in [-0.2, 0) is 0 Å². The Morgan fingerprint density at radius 2 is 2.15 bits per heavy atom. The van der Waals surface area contributed by atoms with Gasteiger partial charge in [-0.25, -0.2) is 11.0 Å². The third kappa shape index (κ3) is 3.13. The number of hydrazone groups is 1. The van der Waals surface area contributed by atoms with Gasteiger partial charge in [0.05, 0.1) is 0 Å². The predicted octanol–water partition coefficient (Wildman–Crippen LogP) is -1.52. The summed E-state index contributed by atoms with van der Waals surface area (Å²) in [4.78, 5) is 15.8. The van der Waals surface area contributed by atoms with E-state index in [1.54, 1.807) is 24.3 Å². The lowest BCUT2D eigenvalue weighted by molar-refractivity contribution is 0.0934. The summed E-state index contributed by atoms with van der Waals surface area (Å²) in [5.41, 5.74) is 21.2. The van der Waals surface area contributed by atoms with Crippen molar-refractivity contribution in [3.05, 3.63) is 29.8 Å². The molecule has 0 aliphatic rings. The van der Waals surface area contributed by atoms with Crippen LogP contribution >= 0.6 is 0 Å². The minimum atomic E-state index is -0.413. The number of nitrogen functional groups attached to an aromatic ring is 1. The van der Waals surface area contributed by atoms with Crippen LogP contribution in [-0.4, -0.2) is 27.0 Å². The molecule has 0 saturated heterocycles. The first-order chi connectivity index (χ1) is 9.56. The molecule has 104 valence electrons. The number of hydrogen-bond donors (Lipinski definition) is 6. The smallest absolute Gasteiger partial charge is 0.270 e. The zero-order valence-electron chi connectivity index (χ0n) is 10.3. The molecule has 0 spiro atoms. The minimum absolute atomic E-state index is 0.129. The number of nitrogens with zero attached hydrogens (tertiary/aromatic N) is 3. The number of nitrogens with one attached hydrogen (secondary N) is 3. The van der Waals surface area contributed by atoms with Crippen molar-refractivity contribution in [1.29, 1.82) is 0 Å². The van der Waals surface area contributed by atoms with Crippen LogP contribution in [0.15, 0.2) is 29.4 Å². The monoisotopic (exact) mass is 275 g/mol. The molecule has 10 heteroatoms. The number of hydrazine groups is 1. The molecule has 1 amide bonds. The quantitative estimate of drug-likeness (QED) is 0.223. The zero-order chi connectivity index (χ0) is 14.5. The number of aromatic nitrogens is 3. The summed E-state index contributed by atoms with van der Waals surface area (Å²) in [5.74, 6) is -0.0147. The van der Waals surface area contributed by atoms with Crippen molar-refractivity contribution in [3.63, 3.8) is 0 Å². The summed E-state index contributed by atoms with van der Waals surface area (Å²) in [7, 11) is 0. The normalized spacial score (nSPS) is 9.80. The number of amides is 1. The topological polar surface area (TPSA) is 173 Å². The Balaban J connectivity index is 2.13. The molecular weight excluding hydrogens is 262 g/mol. The summed E-state index contributed by atoms with van der Waals surface area (Å²) >= 11 is 0. The SMILES string of the molecule is NC(N)=NNNC(=O)c1cccc(-c2nc(N)n[nH]2)c1. The van der Waals surface area contributed by atoms with Crippen LogP contribution in [0.25, 0.3) is 11.4 Å². The molecule has 2 rings (SSSR count). The van der Waals surface area contributed by atoms with Crippen molar-refractivity contribution < 1.29 is 4.79 Å². The van der Waals surface area contributed by atoms with Gasteiger partial charge in [-0.05, 0) is 12.1 Å². The Bertz CT molecular complexity index is 644. The summed E-state index contributed by atoms with van der Waals surface area (Å²) in [6.45, 7) is 0. The number of benzene rings is 1. The maximum Gasteiger partial charge on any atom is 0.270 e. The molecular formula is C10H13N9O. The van der Waals surface area contributed by atoms with Crippen LogP contribution in [0.3, 0.4) is 0 Å². The van der Waals surface area contributed by atoms with Crippen LogP contribution in [0.2, 0.25) is 0 Å². The third-order valence-electron chi connectivity index (χ3n) is 2.26. The van der Waals surface area contributed by atoms with Crippen LogP contribution in [0, 0.1) is 0 Å². The average Bonchev–Trinajstić information content (AvgIpc) is 2.85. The molecule has 0 atom stereocenters. The van der Waals surface area contributed by atoms with Crippen molar-refractivity contribution in [3.8, 4) is 11.4 Å². The molecule has 0 bridgehead atoms. The van der Waals surface area contributed by atoms with Gasteiger partial charge >= 0.3 is 0 Å². The number of carbonyl (C=O) groups excluding carboxylic acids is 1. The number of nitrogens with two attached hydrogens (primary N) is 3. The summed E-state index contributed by atoms with van der Waals surface area (Å²) < 4.78 is 0. The van der Waals surface area contributed by atoms with Crippen molar-refractivity contribution in [2.24, 2.45) is 16.6 Å². The number of H-pyrrole nitrogens is 1. The van der Waals surface area contributed by atoms with Gasteiger partial charge in [0.1, 0.15) is 0 Å². The van der Waals surface area contributed by atoms with E-state index in [1.165, 1.54) is 0 Å². The number of hydrogen-bond acceptors (Lipinski definition) is 6. The van der Waals surface area contributed by atoms with E-state index in [4.69, 9.17) is 17.2 Å². The Morgan fingerprint density at radius 1 is 1.35 bits per heavy atom. The maximum atomic E-state index is 11.8. The Morgan fingerprint density at radius 3 is 2.80 bits per heavy atom. The maximum absolute atomic E-state index is 11.8. The summed E-state index contributed by atoms with van der Waals surface area (Å²) in [6.07, 6.45) is 0. The molecule has 0 saturated carbocycles. The lowest BCUT2D eigenvalue weighted by Crippen LogP contribution is -2.37. The summed E-state index contributed by atoms with van der Waals surface area (Å²) in [6, 6.07) is 6.70. The second-order valence-corrected chi connectivity index (χ2v) is 3.73. The van der Waals surface area contributed by atoms with Crippen molar-refractivity contribution >= 4 is 17.8 Å². The molecule has 1 aromatic carbocycles. The second-order valence-electron chi connectivity index (χ2n) is 3.73. The first-order valence-electron chi connectivity index (χ1n) is 5.48. The standard InChI is InChI=1S/C10H13N9O/c11-9(12)17-19-16-8(20)6-3-1-2-5(4-6)7-14-10(13)18-15-7/h1-4,19H,(H,16,20)(H4,11,12,17)(H3,13,14,15,18). The van der Waals surface area contributed by atoms with E-state index in [0.717, 1.165) is 0 Å². The van der Waals surface area contributed by atoms with E-state index in [2.05, 4.69) is 31.2 Å². The van der Waals surface area contributed by atoms with Gasteiger partial charge in [0.25, 0.3) is 5.91 Å². The van der Waals surface area contributed by atoms with Crippen molar-refractivity contribution in [2.75, 3.05) is 5.73 Å². The lowest BCUT2D eigenvalue weighted by atomic mass is 10.1. The molecule has 1 aromatic heterocycles. The fourth-order valence-electron chi connectivity index (χ4n) is 1.43. The lowest BCUT2D eigenvalue weighted by Gasteiger charge is -2.05. The predicted molar refractivity (Wildman–Crippen MR) is 72.6 cm³/mol. The van der Waals surface area contributed by atoms with Gasteiger partial charge in [0.15, 0.2) is 5.82 Å². The van der Waals surface area contributed by atoms with Crippen LogP contribution in [0.1, 0.15) is 10.4 Å². The van der Waals surface area contributed by atoms with Crippen LogP contribution in [0.5, 0.6) is 0 Å². The largest absolute Gasteiger partial charge is 0.369 e. The summed E-state index contributed by atoms with van der Waals surface area (Å²) in [5, 5.41) is 9.80. The third-order valence-corrected chi connectivity index (χ3v) is 2.26. The van der Waals surface area contributed by atoms with E-state index in [1.807, 2.05) is 0 Å². The molecule has 9 N–H and O–H groups in total. The first kappa shape index (κ1) is 13.1. The highest BCUT2D eigenvalue weighted by molar-refractivity contribution is 5.95. The van der Waals surface area contributed by atoms with Gasteiger partial charge in [-0.15, -0.1) is 10.2 Å². The van der Waals surface area contributed by atoms with Crippen molar-refractivity contribution in [2.45, 2.75) is 0 Å². The number of anilines is 1. The molecule has 0 aliphatic carbocycles. The van der Waals surface area contributed by atoms with Gasteiger partial charge < -0.3 is 17.2 Å². The number of rotatable bonds is 4. The molecule has 0 aliphatic heterocycles. The molecule has 0 radical (unpaired) electrons. The van der Waals surface area contributed by atoms with Gasteiger partial charge in [-0.2, -0.15) is 4.98 Å². The highest BCUT2D eigenvalue weighted by atomic mass is 16.2. The number of guanidine groups is 1. The number of carbonyl (C=O) groups is 1.